The second-order valence-electron chi connectivity index (χ2n) is 7.26. The molecule has 1 saturated heterocycles. The van der Waals surface area contributed by atoms with E-state index < -0.39 is 0 Å². The van der Waals surface area contributed by atoms with Gasteiger partial charge in [0.25, 0.3) is 5.91 Å². The second-order valence-corrected chi connectivity index (χ2v) is 7.26. The summed E-state index contributed by atoms with van der Waals surface area (Å²) in [6.07, 6.45) is 4.96. The molecule has 1 aromatic carbocycles. The number of piperazine rings is 1. The van der Waals surface area contributed by atoms with Crippen molar-refractivity contribution < 1.29 is 4.79 Å². The highest BCUT2D eigenvalue weighted by Gasteiger charge is 2.25. The van der Waals surface area contributed by atoms with E-state index in [9.17, 15) is 4.79 Å². The molecule has 0 spiro atoms. The van der Waals surface area contributed by atoms with Crippen molar-refractivity contribution in [1.29, 1.82) is 0 Å². The summed E-state index contributed by atoms with van der Waals surface area (Å²) in [6.45, 7) is 2.60. The zero-order chi connectivity index (χ0) is 21.0. The number of nitrogens with one attached hydrogen (secondary N) is 1. The van der Waals surface area contributed by atoms with Crippen LogP contribution < -0.4 is 10.2 Å². The average Bonchev–Trinajstić information content (AvgIpc) is 2.84. The number of pyridine rings is 2. The zero-order valence-electron chi connectivity index (χ0n) is 16.8. The molecule has 0 unspecified atom stereocenters. The van der Waals surface area contributed by atoms with Crippen LogP contribution in [0, 0.1) is 0 Å². The van der Waals surface area contributed by atoms with Gasteiger partial charge in [-0.25, -0.2) is 15.0 Å². The van der Waals surface area contributed by atoms with Gasteiger partial charge in [0.1, 0.15) is 29.5 Å². The molecule has 4 aromatic rings. The minimum absolute atomic E-state index is 0.0309. The number of aromatic nitrogens is 4. The SMILES string of the molecule is O=C(c1nccc2ccccc12)N1CCN(c2cc(Nc3ccccn3)ncn2)CC1. The summed E-state index contributed by atoms with van der Waals surface area (Å²) < 4.78 is 0. The van der Waals surface area contributed by atoms with Crippen LogP contribution >= 0.6 is 0 Å². The molecule has 0 aliphatic carbocycles. The number of rotatable bonds is 4. The average molecular weight is 411 g/mol. The molecule has 8 nitrogen and oxygen atoms in total. The van der Waals surface area contributed by atoms with Crippen molar-refractivity contribution in [2.45, 2.75) is 0 Å². The summed E-state index contributed by atoms with van der Waals surface area (Å²) in [5.74, 6) is 2.20. The van der Waals surface area contributed by atoms with E-state index >= 15 is 0 Å². The number of fused-ring (bicyclic) bond motifs is 1. The number of carbonyl (C=O) groups excluding carboxylic acids is 1. The zero-order valence-corrected chi connectivity index (χ0v) is 16.8. The highest BCUT2D eigenvalue weighted by Crippen LogP contribution is 2.21. The van der Waals surface area contributed by atoms with Crippen molar-refractivity contribution in [3.8, 4) is 0 Å². The van der Waals surface area contributed by atoms with E-state index in [2.05, 4.69) is 30.2 Å². The molecule has 1 amide bonds. The minimum atomic E-state index is -0.0309. The smallest absolute Gasteiger partial charge is 0.273 e. The highest BCUT2D eigenvalue weighted by atomic mass is 16.2. The van der Waals surface area contributed by atoms with Crippen LogP contribution in [0.3, 0.4) is 0 Å². The van der Waals surface area contributed by atoms with Crippen LogP contribution in [0.1, 0.15) is 10.5 Å². The monoisotopic (exact) mass is 411 g/mol. The van der Waals surface area contributed by atoms with Gasteiger partial charge in [-0.15, -0.1) is 0 Å². The first kappa shape index (κ1) is 18.9. The maximum atomic E-state index is 13.1. The topological polar surface area (TPSA) is 87.1 Å². The molecule has 1 N–H and O–H groups in total. The third-order valence-electron chi connectivity index (χ3n) is 5.34. The lowest BCUT2D eigenvalue weighted by Gasteiger charge is -2.35. The number of benzene rings is 1. The molecule has 1 aliphatic heterocycles. The third kappa shape index (κ3) is 4.00. The number of amides is 1. The quantitative estimate of drug-likeness (QED) is 0.552. The van der Waals surface area contributed by atoms with Gasteiger partial charge in [0.05, 0.1) is 0 Å². The van der Waals surface area contributed by atoms with E-state index in [0.29, 0.717) is 37.7 Å². The molecular weight excluding hydrogens is 390 g/mol. The van der Waals surface area contributed by atoms with Crippen LogP contribution in [0.4, 0.5) is 17.5 Å². The maximum absolute atomic E-state index is 13.1. The van der Waals surface area contributed by atoms with Gasteiger partial charge in [-0.2, -0.15) is 0 Å². The third-order valence-corrected chi connectivity index (χ3v) is 5.34. The number of carbonyl (C=O) groups is 1. The lowest BCUT2D eigenvalue weighted by Crippen LogP contribution is -2.49. The molecule has 0 radical (unpaired) electrons. The van der Waals surface area contributed by atoms with Crippen molar-refractivity contribution in [2.75, 3.05) is 36.4 Å². The lowest BCUT2D eigenvalue weighted by atomic mass is 10.1. The highest BCUT2D eigenvalue weighted by molar-refractivity contribution is 6.05. The molecular formula is C23H21N7O. The van der Waals surface area contributed by atoms with E-state index in [1.807, 2.05) is 59.5 Å². The maximum Gasteiger partial charge on any atom is 0.273 e. The van der Waals surface area contributed by atoms with Crippen LogP contribution in [0.25, 0.3) is 10.8 Å². The van der Waals surface area contributed by atoms with Gasteiger partial charge < -0.3 is 15.1 Å². The van der Waals surface area contributed by atoms with Crippen molar-refractivity contribution in [2.24, 2.45) is 0 Å². The molecule has 0 bridgehead atoms. The Morgan fingerprint density at radius 1 is 0.806 bits per heavy atom. The van der Waals surface area contributed by atoms with Crippen LogP contribution in [-0.4, -0.2) is 56.9 Å². The van der Waals surface area contributed by atoms with E-state index in [-0.39, 0.29) is 5.91 Å². The first-order chi connectivity index (χ1) is 15.3. The fraction of sp³-hybridized carbons (Fsp3) is 0.174. The summed E-state index contributed by atoms with van der Waals surface area (Å²) in [5, 5.41) is 5.10. The molecule has 4 heterocycles. The summed E-state index contributed by atoms with van der Waals surface area (Å²) in [7, 11) is 0. The molecule has 0 atom stereocenters. The Bertz CT molecular complexity index is 1200. The minimum Gasteiger partial charge on any atom is -0.353 e. The van der Waals surface area contributed by atoms with Crippen molar-refractivity contribution in [3.63, 3.8) is 0 Å². The van der Waals surface area contributed by atoms with Crippen molar-refractivity contribution in [3.05, 3.63) is 79.0 Å². The van der Waals surface area contributed by atoms with E-state index in [1.165, 1.54) is 6.33 Å². The number of hydrogen-bond acceptors (Lipinski definition) is 7. The van der Waals surface area contributed by atoms with Crippen molar-refractivity contribution in [1.82, 2.24) is 24.8 Å². The van der Waals surface area contributed by atoms with Gasteiger partial charge in [-0.3, -0.25) is 9.78 Å². The Morgan fingerprint density at radius 3 is 2.48 bits per heavy atom. The molecule has 0 saturated carbocycles. The Hall–Kier alpha value is -4.07. The first-order valence-electron chi connectivity index (χ1n) is 10.2. The number of anilines is 3. The normalized spacial score (nSPS) is 13.9. The number of hydrogen-bond donors (Lipinski definition) is 1. The predicted molar refractivity (Wildman–Crippen MR) is 119 cm³/mol. The number of nitrogens with zero attached hydrogens (tertiary/aromatic N) is 6. The van der Waals surface area contributed by atoms with E-state index in [1.54, 1.807) is 12.4 Å². The fourth-order valence-electron chi connectivity index (χ4n) is 3.73. The molecule has 8 heteroatoms. The van der Waals surface area contributed by atoms with Gasteiger partial charge in [0.15, 0.2) is 0 Å². The van der Waals surface area contributed by atoms with Gasteiger partial charge in [-0.1, -0.05) is 30.3 Å². The van der Waals surface area contributed by atoms with Gasteiger partial charge in [0.2, 0.25) is 0 Å². The van der Waals surface area contributed by atoms with Crippen LogP contribution in [0.5, 0.6) is 0 Å². The standard InChI is InChI=1S/C23H21N7O/c31-23(22-18-6-2-1-5-17(18)8-10-25-22)30-13-11-29(12-14-30)21-15-20(26-16-27-21)28-19-7-3-4-9-24-19/h1-10,15-16H,11-14H2,(H,24,26,27,28). The second kappa shape index (κ2) is 8.35. The summed E-state index contributed by atoms with van der Waals surface area (Å²) in [5.41, 5.74) is 0.510. The first-order valence-corrected chi connectivity index (χ1v) is 10.2. The Kier molecular flexibility index (Phi) is 5.10. The molecule has 154 valence electrons. The Labute approximate surface area is 179 Å². The van der Waals surface area contributed by atoms with Crippen LogP contribution in [0.15, 0.2) is 73.3 Å². The van der Waals surface area contributed by atoms with Gasteiger partial charge in [0, 0.05) is 50.0 Å². The van der Waals surface area contributed by atoms with Gasteiger partial charge in [-0.05, 0) is 23.6 Å². The van der Waals surface area contributed by atoms with Crippen LogP contribution in [0.2, 0.25) is 0 Å². The predicted octanol–water partition coefficient (Wildman–Crippen LogP) is 3.13. The summed E-state index contributed by atoms with van der Waals surface area (Å²) >= 11 is 0. The van der Waals surface area contributed by atoms with Crippen LogP contribution in [-0.2, 0) is 0 Å². The molecule has 1 fully saturated rings. The largest absolute Gasteiger partial charge is 0.353 e. The summed E-state index contributed by atoms with van der Waals surface area (Å²) in [6, 6.07) is 17.3. The summed E-state index contributed by atoms with van der Waals surface area (Å²) in [4.78, 5) is 34.5. The molecule has 31 heavy (non-hydrogen) atoms. The lowest BCUT2D eigenvalue weighted by molar-refractivity contribution is 0.0743. The molecule has 5 rings (SSSR count). The Balaban J connectivity index is 1.27. The van der Waals surface area contributed by atoms with Crippen molar-refractivity contribution >= 4 is 34.1 Å². The molecule has 1 aliphatic rings. The fourth-order valence-corrected chi connectivity index (χ4v) is 3.73. The Morgan fingerprint density at radius 2 is 1.65 bits per heavy atom. The van der Waals surface area contributed by atoms with E-state index in [0.717, 1.165) is 22.4 Å². The van der Waals surface area contributed by atoms with E-state index in [4.69, 9.17) is 0 Å². The van der Waals surface area contributed by atoms with Gasteiger partial charge >= 0.3 is 0 Å². The molecule has 3 aromatic heterocycles.